The van der Waals surface area contributed by atoms with E-state index in [1.165, 1.54) is 23.5 Å². The molecular formula is C22H16BrN3O3S2. The van der Waals surface area contributed by atoms with E-state index >= 15 is 0 Å². The molecule has 0 bridgehead atoms. The summed E-state index contributed by atoms with van der Waals surface area (Å²) in [6, 6.07) is 22.5. The average molecular weight is 514 g/mol. The van der Waals surface area contributed by atoms with Crippen molar-refractivity contribution in [3.8, 4) is 17.0 Å². The van der Waals surface area contributed by atoms with E-state index < -0.39 is 10.1 Å². The van der Waals surface area contributed by atoms with Crippen LogP contribution >= 0.6 is 27.3 Å². The monoisotopic (exact) mass is 513 g/mol. The van der Waals surface area contributed by atoms with Crippen LogP contribution in [-0.4, -0.2) is 19.6 Å². The standard InChI is InChI=1S/C22H16BrN3O3S2/c23-18-10-8-17(9-11-18)21-15-30-22(25-21)26-24-14-16-6-12-19(13-7-16)29-31(27,28)20-4-2-1-3-5-20/h1-15H,(H,25,26)/b24-14+. The lowest BCUT2D eigenvalue weighted by molar-refractivity contribution is 0.486. The fraction of sp³-hybridized carbons (Fsp3) is 0. The van der Waals surface area contributed by atoms with Gasteiger partial charge in [0.1, 0.15) is 10.6 Å². The molecule has 0 saturated heterocycles. The molecule has 1 heterocycles. The normalized spacial score (nSPS) is 11.5. The smallest absolute Gasteiger partial charge is 0.339 e. The number of thiazole rings is 1. The fourth-order valence-corrected chi connectivity index (χ4v) is 4.50. The van der Waals surface area contributed by atoms with Crippen molar-refractivity contribution in [2.75, 3.05) is 5.43 Å². The molecule has 0 fully saturated rings. The molecule has 1 N–H and O–H groups in total. The Morgan fingerprint density at radius 1 is 0.968 bits per heavy atom. The third kappa shape index (κ3) is 5.57. The highest BCUT2D eigenvalue weighted by Gasteiger charge is 2.15. The van der Waals surface area contributed by atoms with E-state index in [0.717, 1.165) is 21.3 Å². The van der Waals surface area contributed by atoms with Crippen molar-refractivity contribution in [3.63, 3.8) is 0 Å². The zero-order valence-corrected chi connectivity index (χ0v) is 19.2. The van der Waals surface area contributed by atoms with E-state index in [2.05, 4.69) is 31.4 Å². The summed E-state index contributed by atoms with van der Waals surface area (Å²) in [5.41, 5.74) is 5.59. The average Bonchev–Trinajstić information content (AvgIpc) is 3.25. The Kier molecular flexibility index (Phi) is 6.45. The third-order valence-electron chi connectivity index (χ3n) is 4.14. The van der Waals surface area contributed by atoms with Gasteiger partial charge in [-0.3, -0.25) is 5.43 Å². The number of hydrogen-bond donors (Lipinski definition) is 1. The number of hydrazone groups is 1. The molecule has 4 rings (SSSR count). The first kappa shape index (κ1) is 21.2. The SMILES string of the molecule is O=S(=O)(Oc1ccc(/C=N/Nc2nc(-c3ccc(Br)cc3)cs2)cc1)c1ccccc1. The first-order valence-corrected chi connectivity index (χ1v) is 12.2. The van der Waals surface area contributed by atoms with Gasteiger partial charge in [0.15, 0.2) is 0 Å². The van der Waals surface area contributed by atoms with Crippen molar-refractivity contribution < 1.29 is 12.6 Å². The fourth-order valence-electron chi connectivity index (χ4n) is 2.61. The molecule has 3 aromatic carbocycles. The number of aromatic nitrogens is 1. The Bertz CT molecular complexity index is 1290. The van der Waals surface area contributed by atoms with Crippen molar-refractivity contribution in [2.45, 2.75) is 4.90 Å². The summed E-state index contributed by atoms with van der Waals surface area (Å²) in [6.07, 6.45) is 1.62. The molecule has 6 nitrogen and oxygen atoms in total. The van der Waals surface area contributed by atoms with Crippen molar-refractivity contribution in [1.82, 2.24) is 4.98 Å². The maximum Gasteiger partial charge on any atom is 0.339 e. The van der Waals surface area contributed by atoms with Crippen LogP contribution in [0, 0.1) is 0 Å². The first-order chi connectivity index (χ1) is 15.0. The number of nitrogens with one attached hydrogen (secondary N) is 1. The molecule has 0 spiro atoms. The molecule has 0 atom stereocenters. The van der Waals surface area contributed by atoms with Gasteiger partial charge in [-0.2, -0.15) is 13.5 Å². The molecule has 0 amide bonds. The van der Waals surface area contributed by atoms with Crippen LogP contribution in [0.15, 0.2) is 98.7 Å². The highest BCUT2D eigenvalue weighted by molar-refractivity contribution is 9.10. The molecular weight excluding hydrogens is 498 g/mol. The Labute approximate surface area is 192 Å². The Hall–Kier alpha value is -3.01. The van der Waals surface area contributed by atoms with Crippen LogP contribution in [0.3, 0.4) is 0 Å². The number of nitrogens with zero attached hydrogens (tertiary/aromatic N) is 2. The highest BCUT2D eigenvalue weighted by Crippen LogP contribution is 2.26. The minimum absolute atomic E-state index is 0.107. The van der Waals surface area contributed by atoms with Gasteiger partial charge in [-0.15, -0.1) is 11.3 Å². The van der Waals surface area contributed by atoms with Crippen molar-refractivity contribution in [3.05, 3.63) is 94.3 Å². The Balaban J connectivity index is 1.37. The van der Waals surface area contributed by atoms with Crippen LogP contribution in [0.25, 0.3) is 11.3 Å². The summed E-state index contributed by atoms with van der Waals surface area (Å²) in [6.45, 7) is 0. The minimum atomic E-state index is -3.86. The van der Waals surface area contributed by atoms with E-state index in [4.69, 9.17) is 4.18 Å². The van der Waals surface area contributed by atoms with Gasteiger partial charge in [-0.1, -0.05) is 46.3 Å². The number of hydrogen-bond acceptors (Lipinski definition) is 7. The second-order valence-corrected chi connectivity index (χ2v) is 9.65. The van der Waals surface area contributed by atoms with Gasteiger partial charge in [-0.05, 0) is 54.1 Å². The third-order valence-corrected chi connectivity index (χ3v) is 6.67. The summed E-state index contributed by atoms with van der Waals surface area (Å²) in [5.74, 6) is 0.230. The number of anilines is 1. The topological polar surface area (TPSA) is 80.7 Å². The van der Waals surface area contributed by atoms with E-state index in [0.29, 0.717) is 5.13 Å². The van der Waals surface area contributed by atoms with Crippen LogP contribution in [0.5, 0.6) is 5.75 Å². The lowest BCUT2D eigenvalue weighted by Gasteiger charge is -2.06. The van der Waals surface area contributed by atoms with Crippen LogP contribution in [-0.2, 0) is 10.1 Å². The Morgan fingerprint density at radius 3 is 2.39 bits per heavy atom. The molecule has 31 heavy (non-hydrogen) atoms. The van der Waals surface area contributed by atoms with Crippen molar-refractivity contribution in [1.29, 1.82) is 0 Å². The van der Waals surface area contributed by atoms with Crippen LogP contribution in [0.4, 0.5) is 5.13 Å². The van der Waals surface area contributed by atoms with E-state index in [-0.39, 0.29) is 10.6 Å². The lowest BCUT2D eigenvalue weighted by atomic mass is 10.2. The molecule has 0 radical (unpaired) electrons. The maximum absolute atomic E-state index is 12.3. The highest BCUT2D eigenvalue weighted by atomic mass is 79.9. The van der Waals surface area contributed by atoms with Gasteiger partial charge in [-0.25, -0.2) is 4.98 Å². The molecule has 0 aliphatic rings. The first-order valence-electron chi connectivity index (χ1n) is 9.10. The molecule has 0 saturated carbocycles. The van der Waals surface area contributed by atoms with Crippen molar-refractivity contribution >= 4 is 48.7 Å². The second kappa shape index (κ2) is 9.42. The summed E-state index contributed by atoms with van der Waals surface area (Å²) >= 11 is 4.88. The molecule has 9 heteroatoms. The maximum atomic E-state index is 12.3. The minimum Gasteiger partial charge on any atom is -0.379 e. The molecule has 156 valence electrons. The van der Waals surface area contributed by atoms with Gasteiger partial charge in [0, 0.05) is 15.4 Å². The van der Waals surface area contributed by atoms with E-state index in [1.807, 2.05) is 29.6 Å². The Morgan fingerprint density at radius 2 is 1.68 bits per heavy atom. The van der Waals surface area contributed by atoms with Crippen LogP contribution < -0.4 is 9.61 Å². The van der Waals surface area contributed by atoms with Crippen molar-refractivity contribution in [2.24, 2.45) is 5.10 Å². The lowest BCUT2D eigenvalue weighted by Crippen LogP contribution is -2.09. The van der Waals surface area contributed by atoms with Gasteiger partial charge in [0.05, 0.1) is 11.9 Å². The molecule has 0 unspecified atom stereocenters. The summed E-state index contributed by atoms with van der Waals surface area (Å²) in [4.78, 5) is 4.62. The van der Waals surface area contributed by atoms with Gasteiger partial charge in [0.25, 0.3) is 0 Å². The summed E-state index contributed by atoms with van der Waals surface area (Å²) in [7, 11) is -3.86. The van der Waals surface area contributed by atoms with Gasteiger partial charge in [0.2, 0.25) is 5.13 Å². The summed E-state index contributed by atoms with van der Waals surface area (Å²) < 4.78 is 30.7. The number of benzene rings is 3. The van der Waals surface area contributed by atoms with E-state index in [1.54, 1.807) is 48.7 Å². The predicted octanol–water partition coefficient (Wildman–Crippen LogP) is 5.79. The van der Waals surface area contributed by atoms with Crippen LogP contribution in [0.1, 0.15) is 5.56 Å². The predicted molar refractivity (Wildman–Crippen MR) is 127 cm³/mol. The van der Waals surface area contributed by atoms with Gasteiger partial charge < -0.3 is 4.18 Å². The number of rotatable bonds is 7. The number of halogens is 1. The second-order valence-electron chi connectivity index (χ2n) is 6.33. The largest absolute Gasteiger partial charge is 0.379 e. The zero-order valence-electron chi connectivity index (χ0n) is 16.0. The summed E-state index contributed by atoms with van der Waals surface area (Å²) in [5, 5.41) is 6.82. The van der Waals surface area contributed by atoms with E-state index in [9.17, 15) is 8.42 Å². The molecule has 0 aliphatic carbocycles. The molecule has 1 aromatic heterocycles. The quantitative estimate of drug-likeness (QED) is 0.192. The zero-order chi connectivity index (χ0) is 21.7. The van der Waals surface area contributed by atoms with Crippen LogP contribution in [0.2, 0.25) is 0 Å². The van der Waals surface area contributed by atoms with Gasteiger partial charge >= 0.3 is 10.1 Å². The molecule has 4 aromatic rings. The molecule has 0 aliphatic heterocycles.